The van der Waals surface area contributed by atoms with E-state index in [9.17, 15) is 18.0 Å². The number of piperidine rings is 1. The molecule has 1 aliphatic heterocycles. The zero-order chi connectivity index (χ0) is 16.7. The standard InChI is InChI=1S/C13H20N4O4S/c1-8-3-4-9(12(14)18)6-17(8)22(20,21)10-5-11(13(15)19)16(2)7-10/h5,7-9H,3-4,6H2,1-2H3,(H2,14,18)(H2,15,19)/t8-,9-/m1/s1. The lowest BCUT2D eigenvalue weighted by Gasteiger charge is -2.35. The Bertz CT molecular complexity index is 710. The molecule has 122 valence electrons. The second kappa shape index (κ2) is 5.73. The molecule has 0 unspecified atom stereocenters. The van der Waals surface area contributed by atoms with Crippen LogP contribution in [0.15, 0.2) is 17.2 Å². The first-order valence-electron chi connectivity index (χ1n) is 6.92. The van der Waals surface area contributed by atoms with E-state index < -0.39 is 27.8 Å². The first-order chi connectivity index (χ1) is 10.1. The smallest absolute Gasteiger partial charge is 0.265 e. The Hall–Kier alpha value is -1.87. The second-order valence-electron chi connectivity index (χ2n) is 5.64. The van der Waals surface area contributed by atoms with Crippen LogP contribution in [0.1, 0.15) is 30.3 Å². The lowest BCUT2D eigenvalue weighted by Crippen LogP contribution is -2.48. The van der Waals surface area contributed by atoms with Gasteiger partial charge in [0.25, 0.3) is 5.91 Å². The fourth-order valence-electron chi connectivity index (χ4n) is 2.70. The van der Waals surface area contributed by atoms with Crippen molar-refractivity contribution in [2.45, 2.75) is 30.7 Å². The summed E-state index contributed by atoms with van der Waals surface area (Å²) in [5, 5.41) is 0. The van der Waals surface area contributed by atoms with Crippen molar-refractivity contribution < 1.29 is 18.0 Å². The molecule has 1 fully saturated rings. The third-order valence-corrected chi connectivity index (χ3v) is 6.01. The highest BCUT2D eigenvalue weighted by atomic mass is 32.2. The molecule has 0 aromatic carbocycles. The van der Waals surface area contributed by atoms with Crippen LogP contribution in [0.3, 0.4) is 0 Å². The Morgan fingerprint density at radius 2 is 1.91 bits per heavy atom. The number of sulfonamides is 1. The van der Waals surface area contributed by atoms with Crippen LogP contribution in [0.2, 0.25) is 0 Å². The van der Waals surface area contributed by atoms with Crippen molar-refractivity contribution in [3.8, 4) is 0 Å². The maximum Gasteiger partial charge on any atom is 0.265 e. The third kappa shape index (κ3) is 2.86. The predicted molar refractivity (Wildman–Crippen MR) is 79.2 cm³/mol. The van der Waals surface area contributed by atoms with Crippen molar-refractivity contribution in [1.82, 2.24) is 8.87 Å². The van der Waals surface area contributed by atoms with Crippen LogP contribution in [0.5, 0.6) is 0 Å². The fraction of sp³-hybridized carbons (Fsp3) is 0.538. The summed E-state index contributed by atoms with van der Waals surface area (Å²) in [5.41, 5.74) is 10.6. The van der Waals surface area contributed by atoms with E-state index in [0.717, 1.165) is 0 Å². The van der Waals surface area contributed by atoms with Crippen molar-refractivity contribution in [3.05, 3.63) is 18.0 Å². The predicted octanol–water partition coefficient (Wildman–Crippen LogP) is -0.601. The number of primary amides is 2. The van der Waals surface area contributed by atoms with Crippen molar-refractivity contribution in [2.24, 2.45) is 24.4 Å². The van der Waals surface area contributed by atoms with Gasteiger partial charge in [0.15, 0.2) is 0 Å². The Balaban J connectivity index is 2.38. The molecule has 2 atom stereocenters. The largest absolute Gasteiger partial charge is 0.369 e. The van der Waals surface area contributed by atoms with Gasteiger partial charge >= 0.3 is 0 Å². The van der Waals surface area contributed by atoms with E-state index in [-0.39, 0.29) is 23.2 Å². The van der Waals surface area contributed by atoms with Crippen LogP contribution in [0, 0.1) is 5.92 Å². The number of aromatic nitrogens is 1. The summed E-state index contributed by atoms with van der Waals surface area (Å²) in [6.07, 6.45) is 2.47. The average Bonchev–Trinajstić information content (AvgIpc) is 2.81. The summed E-state index contributed by atoms with van der Waals surface area (Å²) in [5.74, 6) is -1.70. The number of aryl methyl sites for hydroxylation is 1. The van der Waals surface area contributed by atoms with Gasteiger partial charge in [-0.1, -0.05) is 0 Å². The molecular formula is C13H20N4O4S. The van der Waals surface area contributed by atoms with Crippen LogP contribution in [0.25, 0.3) is 0 Å². The molecule has 8 nitrogen and oxygen atoms in total. The molecule has 4 N–H and O–H groups in total. The van der Waals surface area contributed by atoms with Crippen LogP contribution in [-0.2, 0) is 21.9 Å². The van der Waals surface area contributed by atoms with Gasteiger partial charge in [0.1, 0.15) is 10.6 Å². The summed E-state index contributed by atoms with van der Waals surface area (Å²) in [6, 6.07) is 1.01. The number of rotatable bonds is 4. The molecule has 0 radical (unpaired) electrons. The monoisotopic (exact) mass is 328 g/mol. The first kappa shape index (κ1) is 16.5. The molecule has 0 saturated carbocycles. The number of hydrogen-bond donors (Lipinski definition) is 2. The van der Waals surface area contributed by atoms with Gasteiger partial charge in [-0.25, -0.2) is 8.42 Å². The number of carbonyl (C=O) groups is 2. The molecule has 2 rings (SSSR count). The molecule has 0 bridgehead atoms. The summed E-state index contributed by atoms with van der Waals surface area (Å²) in [4.78, 5) is 22.6. The van der Waals surface area contributed by atoms with Gasteiger partial charge in [-0.05, 0) is 25.8 Å². The number of amides is 2. The molecule has 1 aromatic heterocycles. The lowest BCUT2D eigenvalue weighted by molar-refractivity contribution is -0.123. The van der Waals surface area contributed by atoms with E-state index in [1.807, 2.05) is 0 Å². The van der Waals surface area contributed by atoms with Crippen LogP contribution in [0.4, 0.5) is 0 Å². The van der Waals surface area contributed by atoms with Crippen molar-refractivity contribution in [1.29, 1.82) is 0 Å². The minimum absolute atomic E-state index is 0.0132. The minimum atomic E-state index is -3.82. The van der Waals surface area contributed by atoms with Gasteiger partial charge in [0.05, 0.1) is 5.92 Å². The third-order valence-electron chi connectivity index (χ3n) is 4.07. The molecule has 22 heavy (non-hydrogen) atoms. The van der Waals surface area contributed by atoms with Crippen LogP contribution < -0.4 is 11.5 Å². The molecule has 9 heteroatoms. The quantitative estimate of drug-likeness (QED) is 0.764. The number of nitrogens with two attached hydrogens (primary N) is 2. The van der Waals surface area contributed by atoms with Crippen molar-refractivity contribution in [3.63, 3.8) is 0 Å². The fourth-order valence-corrected chi connectivity index (χ4v) is 4.48. The molecule has 0 aliphatic carbocycles. The SMILES string of the molecule is C[C@@H]1CC[C@@H](C(N)=O)CN1S(=O)(=O)c1cc(C(N)=O)n(C)c1. The van der Waals surface area contributed by atoms with E-state index in [0.29, 0.717) is 12.8 Å². The maximum absolute atomic E-state index is 12.8. The van der Waals surface area contributed by atoms with Gasteiger partial charge in [0.2, 0.25) is 15.9 Å². The molecule has 2 amide bonds. The molecule has 1 saturated heterocycles. The van der Waals surface area contributed by atoms with E-state index in [1.165, 1.54) is 21.1 Å². The number of hydrogen-bond acceptors (Lipinski definition) is 4. The lowest BCUT2D eigenvalue weighted by atomic mass is 9.95. The van der Waals surface area contributed by atoms with E-state index in [4.69, 9.17) is 11.5 Å². The highest BCUT2D eigenvalue weighted by Gasteiger charge is 2.37. The highest BCUT2D eigenvalue weighted by molar-refractivity contribution is 7.89. The van der Waals surface area contributed by atoms with Gasteiger partial charge in [0, 0.05) is 25.8 Å². The normalized spacial score (nSPS) is 23.4. The van der Waals surface area contributed by atoms with Crippen LogP contribution in [-0.4, -0.2) is 41.7 Å². The Morgan fingerprint density at radius 1 is 1.27 bits per heavy atom. The number of carbonyl (C=O) groups excluding carboxylic acids is 2. The van der Waals surface area contributed by atoms with Crippen molar-refractivity contribution in [2.75, 3.05) is 6.54 Å². The van der Waals surface area contributed by atoms with Gasteiger partial charge in [-0.15, -0.1) is 0 Å². The molecule has 1 aliphatic rings. The number of nitrogens with zero attached hydrogens (tertiary/aromatic N) is 2. The first-order valence-corrected chi connectivity index (χ1v) is 8.36. The Labute approximate surface area is 129 Å². The van der Waals surface area contributed by atoms with Crippen LogP contribution >= 0.6 is 0 Å². The second-order valence-corrected chi connectivity index (χ2v) is 7.53. The summed E-state index contributed by atoms with van der Waals surface area (Å²) in [7, 11) is -2.27. The van der Waals surface area contributed by atoms with E-state index in [2.05, 4.69) is 0 Å². The molecule has 0 spiro atoms. The molecule has 1 aromatic rings. The Kier molecular flexibility index (Phi) is 4.30. The zero-order valence-corrected chi connectivity index (χ0v) is 13.3. The molecular weight excluding hydrogens is 308 g/mol. The zero-order valence-electron chi connectivity index (χ0n) is 12.5. The maximum atomic E-state index is 12.8. The van der Waals surface area contributed by atoms with E-state index in [1.54, 1.807) is 14.0 Å². The minimum Gasteiger partial charge on any atom is -0.369 e. The van der Waals surface area contributed by atoms with E-state index >= 15 is 0 Å². The van der Waals surface area contributed by atoms with Gasteiger partial charge < -0.3 is 16.0 Å². The average molecular weight is 328 g/mol. The molecule has 2 heterocycles. The Morgan fingerprint density at radius 3 is 2.41 bits per heavy atom. The van der Waals surface area contributed by atoms with Crippen molar-refractivity contribution >= 4 is 21.8 Å². The van der Waals surface area contributed by atoms with Gasteiger partial charge in [-0.2, -0.15) is 4.31 Å². The van der Waals surface area contributed by atoms with Gasteiger partial charge in [-0.3, -0.25) is 9.59 Å². The summed E-state index contributed by atoms with van der Waals surface area (Å²) in [6.45, 7) is 1.84. The highest BCUT2D eigenvalue weighted by Crippen LogP contribution is 2.28. The summed E-state index contributed by atoms with van der Waals surface area (Å²) < 4.78 is 28.2. The summed E-state index contributed by atoms with van der Waals surface area (Å²) >= 11 is 0. The topological polar surface area (TPSA) is 128 Å².